The van der Waals surface area contributed by atoms with Crippen LogP contribution in [0.15, 0.2) is 9.93 Å². The average molecular weight is 344 g/mol. The molecular weight excluding hydrogens is 324 g/mol. The second-order valence-corrected chi connectivity index (χ2v) is 8.34. The zero-order valence-electron chi connectivity index (χ0n) is 12.6. The molecule has 1 amide bonds. The molecule has 122 valence electrons. The van der Waals surface area contributed by atoms with Crippen LogP contribution in [0.2, 0.25) is 0 Å². The monoisotopic (exact) mass is 344 g/mol. The largest absolute Gasteiger partial charge is 0.477 e. The van der Waals surface area contributed by atoms with E-state index in [-0.39, 0.29) is 22.4 Å². The van der Waals surface area contributed by atoms with Crippen molar-refractivity contribution in [2.24, 2.45) is 5.92 Å². The summed E-state index contributed by atoms with van der Waals surface area (Å²) in [6, 6.07) is 0. The number of carbonyl (C=O) groups excluding carboxylic acids is 1. The van der Waals surface area contributed by atoms with Gasteiger partial charge in [0.1, 0.15) is 5.37 Å². The summed E-state index contributed by atoms with van der Waals surface area (Å²) in [5, 5.41) is 19.2. The fraction of sp³-hybridized carbons (Fsp3) is 0.714. The van der Waals surface area contributed by atoms with Crippen LogP contribution in [0.3, 0.4) is 0 Å². The highest BCUT2D eigenvalue weighted by molar-refractivity contribution is 8.23. The zero-order valence-corrected chi connectivity index (χ0v) is 14.2. The van der Waals surface area contributed by atoms with Gasteiger partial charge in [-0.2, -0.15) is 0 Å². The third-order valence-corrected chi connectivity index (χ3v) is 7.37. The Morgan fingerprint density at radius 2 is 2.27 bits per heavy atom. The lowest BCUT2D eigenvalue weighted by Crippen LogP contribution is -2.60. The smallest absolute Gasteiger partial charge is 0.354 e. The van der Waals surface area contributed by atoms with Crippen molar-refractivity contribution in [3.8, 4) is 0 Å². The minimum atomic E-state index is -1.06. The average Bonchev–Trinajstić information content (AvgIpc) is 3.01. The number of aliphatic carboxylic acids is 1. The molecule has 6 nitrogen and oxygen atoms in total. The Morgan fingerprint density at radius 3 is 2.86 bits per heavy atom. The highest BCUT2D eigenvalue weighted by Gasteiger charge is 2.58. The molecule has 0 radical (unpaired) electrons. The van der Waals surface area contributed by atoms with Gasteiger partial charge < -0.3 is 10.2 Å². The molecule has 3 heterocycles. The van der Waals surface area contributed by atoms with Gasteiger partial charge in [-0.1, -0.05) is 30.4 Å². The van der Waals surface area contributed by atoms with E-state index in [1.54, 1.807) is 18.7 Å². The summed E-state index contributed by atoms with van der Waals surface area (Å²) in [7, 11) is 0. The van der Waals surface area contributed by atoms with Crippen molar-refractivity contribution in [2.45, 2.75) is 43.5 Å². The predicted octanol–water partition coefficient (Wildman–Crippen LogP) is 1.33. The van der Waals surface area contributed by atoms with E-state index in [0.29, 0.717) is 4.24 Å². The van der Waals surface area contributed by atoms with Gasteiger partial charge in [0.05, 0.1) is 21.6 Å². The van der Waals surface area contributed by atoms with Crippen molar-refractivity contribution in [3.05, 3.63) is 9.93 Å². The molecule has 0 unspecified atom stereocenters. The summed E-state index contributed by atoms with van der Waals surface area (Å²) >= 11 is 2.98. The molecule has 3 aliphatic rings. The number of carboxylic acid groups (broad SMARTS) is 1. The van der Waals surface area contributed by atoms with E-state index in [1.165, 1.54) is 16.7 Å². The van der Waals surface area contributed by atoms with Gasteiger partial charge in [0.2, 0.25) is 5.91 Å². The standard InChI is InChI=1S/C14H20N2O4S2/c1-3-15-6-4-5-8(15)21-14-10(13(19)20)16-11(18)9(7(2)17)12(16)22-14/h7-9,12,17H,3-6H2,1-2H3,(H,19,20)/t7-,8-,9+,12-/m1/s1. The van der Waals surface area contributed by atoms with E-state index in [9.17, 15) is 19.8 Å². The van der Waals surface area contributed by atoms with Crippen molar-refractivity contribution >= 4 is 35.4 Å². The van der Waals surface area contributed by atoms with Gasteiger partial charge >= 0.3 is 5.97 Å². The number of aliphatic hydroxyl groups is 1. The number of carbonyl (C=O) groups is 2. The molecule has 8 heteroatoms. The number of β-lactam (4-membered cyclic amide) rings is 1. The number of carboxylic acids is 1. The number of aliphatic hydroxyl groups excluding tert-OH is 1. The lowest BCUT2D eigenvalue weighted by molar-refractivity contribution is -0.156. The Bertz CT molecular complexity index is 537. The van der Waals surface area contributed by atoms with Crippen molar-refractivity contribution < 1.29 is 19.8 Å². The van der Waals surface area contributed by atoms with E-state index in [2.05, 4.69) is 11.8 Å². The Balaban J connectivity index is 1.81. The summed E-state index contributed by atoms with van der Waals surface area (Å²) in [6.45, 7) is 5.67. The normalized spacial score (nSPS) is 33.1. The number of hydrogen-bond donors (Lipinski definition) is 2. The van der Waals surface area contributed by atoms with Gasteiger partial charge in [-0.05, 0) is 32.9 Å². The molecule has 2 fully saturated rings. The second kappa shape index (κ2) is 6.07. The van der Waals surface area contributed by atoms with Gasteiger partial charge in [0.15, 0.2) is 5.70 Å². The van der Waals surface area contributed by atoms with Crippen LogP contribution in [-0.2, 0) is 9.59 Å². The first-order chi connectivity index (χ1) is 10.5. The predicted molar refractivity (Wildman–Crippen MR) is 85.9 cm³/mol. The third-order valence-electron chi connectivity index (χ3n) is 4.42. The molecule has 0 aromatic carbocycles. The summed E-state index contributed by atoms with van der Waals surface area (Å²) < 4.78 is 0.708. The molecule has 0 bridgehead atoms. The quantitative estimate of drug-likeness (QED) is 0.728. The molecule has 3 aliphatic heterocycles. The third kappa shape index (κ3) is 2.46. The fourth-order valence-corrected chi connectivity index (χ4v) is 6.65. The van der Waals surface area contributed by atoms with Crippen LogP contribution in [-0.4, -0.2) is 61.8 Å². The SMILES string of the molecule is CCN1CCC[C@H]1SC1=C(C(=O)O)N2C(=O)[C@H]([C@@H](C)O)[C@H]2S1. The Kier molecular flexibility index (Phi) is 4.46. The van der Waals surface area contributed by atoms with Crippen LogP contribution in [0.25, 0.3) is 0 Å². The number of likely N-dealkylation sites (tertiary alicyclic amines) is 1. The number of amides is 1. The Labute approximate surface area is 137 Å². The Hall–Kier alpha value is -0.700. The highest BCUT2D eigenvalue weighted by atomic mass is 32.2. The van der Waals surface area contributed by atoms with Crippen LogP contribution < -0.4 is 0 Å². The molecule has 4 atom stereocenters. The summed E-state index contributed by atoms with van der Waals surface area (Å²) in [5.74, 6) is -1.83. The maximum Gasteiger partial charge on any atom is 0.354 e. The number of hydrogen-bond acceptors (Lipinski definition) is 6. The van der Waals surface area contributed by atoms with Crippen molar-refractivity contribution in [1.29, 1.82) is 0 Å². The fourth-order valence-electron chi connectivity index (χ4n) is 3.25. The van der Waals surface area contributed by atoms with Gasteiger partial charge in [0, 0.05) is 0 Å². The second-order valence-electron chi connectivity index (χ2n) is 5.77. The topological polar surface area (TPSA) is 81.1 Å². The van der Waals surface area contributed by atoms with E-state index in [1.807, 2.05) is 0 Å². The Morgan fingerprint density at radius 1 is 1.55 bits per heavy atom. The first kappa shape index (κ1) is 16.2. The minimum Gasteiger partial charge on any atom is -0.477 e. The number of nitrogens with zero attached hydrogens (tertiary/aromatic N) is 2. The maximum atomic E-state index is 12.1. The van der Waals surface area contributed by atoms with Gasteiger partial charge in [-0.25, -0.2) is 4.79 Å². The van der Waals surface area contributed by atoms with Crippen LogP contribution in [0.1, 0.15) is 26.7 Å². The van der Waals surface area contributed by atoms with Crippen LogP contribution in [0.4, 0.5) is 0 Å². The molecule has 3 rings (SSSR count). The summed E-state index contributed by atoms with van der Waals surface area (Å²) in [5.41, 5.74) is 0.102. The van der Waals surface area contributed by atoms with Crippen LogP contribution in [0, 0.1) is 5.92 Å². The van der Waals surface area contributed by atoms with E-state index in [0.717, 1.165) is 25.9 Å². The minimum absolute atomic E-state index is 0.102. The molecule has 22 heavy (non-hydrogen) atoms. The van der Waals surface area contributed by atoms with E-state index < -0.39 is 18.0 Å². The van der Waals surface area contributed by atoms with Crippen LogP contribution >= 0.6 is 23.5 Å². The molecular formula is C14H20N2O4S2. The first-order valence-corrected chi connectivity index (χ1v) is 9.27. The van der Waals surface area contributed by atoms with Crippen LogP contribution in [0.5, 0.6) is 0 Å². The first-order valence-electron chi connectivity index (χ1n) is 7.51. The summed E-state index contributed by atoms with van der Waals surface area (Å²) in [4.78, 5) is 27.4. The summed E-state index contributed by atoms with van der Waals surface area (Å²) in [6.07, 6.45) is 1.40. The number of rotatable bonds is 5. The van der Waals surface area contributed by atoms with Gasteiger partial charge in [-0.15, -0.1) is 0 Å². The van der Waals surface area contributed by atoms with Gasteiger partial charge in [0.25, 0.3) is 0 Å². The van der Waals surface area contributed by atoms with Crippen molar-refractivity contribution in [3.63, 3.8) is 0 Å². The molecule has 0 spiro atoms. The molecule has 2 N–H and O–H groups in total. The van der Waals surface area contributed by atoms with Crippen molar-refractivity contribution in [2.75, 3.05) is 13.1 Å². The lowest BCUT2D eigenvalue weighted by Gasteiger charge is -2.43. The number of fused-ring (bicyclic) bond motifs is 1. The lowest BCUT2D eigenvalue weighted by atomic mass is 9.92. The molecule has 0 aromatic rings. The zero-order chi connectivity index (χ0) is 16.0. The van der Waals surface area contributed by atoms with E-state index >= 15 is 0 Å². The highest BCUT2D eigenvalue weighted by Crippen LogP contribution is 2.55. The number of thioether (sulfide) groups is 2. The molecule has 0 saturated carbocycles. The van der Waals surface area contributed by atoms with E-state index in [4.69, 9.17) is 0 Å². The molecule has 0 aromatic heterocycles. The maximum absolute atomic E-state index is 12.1. The molecule has 2 saturated heterocycles. The van der Waals surface area contributed by atoms with Crippen molar-refractivity contribution in [1.82, 2.24) is 9.80 Å². The molecule has 0 aliphatic carbocycles. The van der Waals surface area contributed by atoms with Gasteiger partial charge in [-0.3, -0.25) is 14.6 Å².